The van der Waals surface area contributed by atoms with Gasteiger partial charge < -0.3 is 20.7 Å². The molecule has 8 heteroatoms. The molecule has 3 aliphatic rings. The van der Waals surface area contributed by atoms with Gasteiger partial charge >= 0.3 is 0 Å². The summed E-state index contributed by atoms with van der Waals surface area (Å²) < 4.78 is 6.45. The van der Waals surface area contributed by atoms with Gasteiger partial charge in [-0.2, -0.15) is 0 Å². The van der Waals surface area contributed by atoms with Gasteiger partial charge in [0.2, 0.25) is 11.8 Å². The van der Waals surface area contributed by atoms with E-state index in [1.165, 1.54) is 0 Å². The number of carbonyl (C=O) groups excluding carboxylic acids is 2. The summed E-state index contributed by atoms with van der Waals surface area (Å²) in [6.07, 6.45) is 7.97. The van der Waals surface area contributed by atoms with Gasteiger partial charge in [0.05, 0.1) is 12.6 Å². The van der Waals surface area contributed by atoms with E-state index in [1.807, 2.05) is 42.5 Å². The highest BCUT2D eigenvalue weighted by atomic mass is 35.5. The molecular weight excluding hydrogens is 545 g/mol. The van der Waals surface area contributed by atoms with Crippen molar-refractivity contribution in [3.63, 3.8) is 0 Å². The number of halogens is 2. The molecule has 0 bridgehead atoms. The third-order valence-corrected chi connectivity index (χ3v) is 8.89. The van der Waals surface area contributed by atoms with Gasteiger partial charge in [0, 0.05) is 39.2 Å². The summed E-state index contributed by atoms with van der Waals surface area (Å²) >= 11 is 12.8. The number of fused-ring (bicyclic) bond motifs is 2. The number of rotatable bonds is 5. The van der Waals surface area contributed by atoms with Crippen LogP contribution in [0.2, 0.25) is 10.0 Å². The largest absolute Gasteiger partial charge is 0.493 e. The lowest BCUT2D eigenvalue weighted by atomic mass is 9.59. The first-order valence-electron chi connectivity index (χ1n) is 13.5. The molecule has 40 heavy (non-hydrogen) atoms. The molecule has 3 heterocycles. The average molecular weight is 575 g/mol. The number of terminal acetylenes is 1. The van der Waals surface area contributed by atoms with Crippen LogP contribution < -0.4 is 20.7 Å². The maximum absolute atomic E-state index is 14.3. The number of amides is 2. The van der Waals surface area contributed by atoms with Crippen molar-refractivity contribution in [2.45, 2.75) is 36.6 Å². The molecule has 6 nitrogen and oxygen atoms in total. The Morgan fingerprint density at radius 1 is 1.00 bits per heavy atom. The van der Waals surface area contributed by atoms with Crippen molar-refractivity contribution in [3.8, 4) is 18.1 Å². The first kappa shape index (κ1) is 26.7. The normalized spacial score (nSPS) is 24.2. The van der Waals surface area contributed by atoms with Crippen molar-refractivity contribution in [1.82, 2.24) is 10.6 Å². The molecule has 0 saturated carbocycles. The Kier molecular flexibility index (Phi) is 7.22. The number of anilines is 1. The monoisotopic (exact) mass is 573 g/mol. The van der Waals surface area contributed by atoms with E-state index in [0.717, 1.165) is 37.1 Å². The van der Waals surface area contributed by atoms with E-state index in [1.54, 1.807) is 18.2 Å². The van der Waals surface area contributed by atoms with Gasteiger partial charge in [-0.3, -0.25) is 9.59 Å². The van der Waals surface area contributed by atoms with Crippen LogP contribution in [0.3, 0.4) is 0 Å². The third kappa shape index (κ3) is 4.62. The van der Waals surface area contributed by atoms with E-state index in [-0.39, 0.29) is 18.2 Å². The van der Waals surface area contributed by atoms with Crippen LogP contribution in [0.1, 0.15) is 53.5 Å². The number of nitrogens with one attached hydrogen (secondary N) is 3. The molecule has 2 fully saturated rings. The number of ether oxygens (including phenoxy) is 1. The van der Waals surface area contributed by atoms with E-state index in [0.29, 0.717) is 45.1 Å². The van der Waals surface area contributed by atoms with Crippen LogP contribution in [-0.2, 0) is 15.0 Å². The fraction of sp³-hybridized carbons (Fsp3) is 0.312. The predicted octanol–water partition coefficient (Wildman–Crippen LogP) is 5.59. The molecule has 1 spiro atoms. The van der Waals surface area contributed by atoms with E-state index in [2.05, 4.69) is 21.9 Å². The highest BCUT2D eigenvalue weighted by Gasteiger charge is 2.61. The first-order chi connectivity index (χ1) is 19.4. The van der Waals surface area contributed by atoms with Crippen molar-refractivity contribution in [1.29, 1.82) is 0 Å². The molecule has 6 rings (SSSR count). The molecule has 3 aromatic carbocycles. The fourth-order valence-electron chi connectivity index (χ4n) is 6.52. The van der Waals surface area contributed by atoms with Gasteiger partial charge in [0.15, 0.2) is 0 Å². The summed E-state index contributed by atoms with van der Waals surface area (Å²) in [6.45, 7) is 2.45. The Balaban J connectivity index is 1.54. The molecule has 3 unspecified atom stereocenters. The lowest BCUT2D eigenvalue weighted by Gasteiger charge is -2.46. The summed E-state index contributed by atoms with van der Waals surface area (Å²) in [5, 5.41) is 10.7. The van der Waals surface area contributed by atoms with Gasteiger partial charge in [-0.1, -0.05) is 47.3 Å². The van der Waals surface area contributed by atoms with E-state index in [9.17, 15) is 9.59 Å². The van der Waals surface area contributed by atoms with Crippen LogP contribution in [-0.4, -0.2) is 31.5 Å². The summed E-state index contributed by atoms with van der Waals surface area (Å²) in [5.74, 6) is 2.80. The number of hydrogen-bond donors (Lipinski definition) is 3. The summed E-state index contributed by atoms with van der Waals surface area (Å²) in [6, 6.07) is 17.5. The molecule has 0 aromatic heterocycles. The molecule has 2 amide bonds. The van der Waals surface area contributed by atoms with Crippen LogP contribution in [0.5, 0.6) is 5.75 Å². The van der Waals surface area contributed by atoms with Gasteiger partial charge in [-0.15, -0.1) is 6.42 Å². The predicted molar refractivity (Wildman–Crippen MR) is 157 cm³/mol. The minimum atomic E-state index is -1.21. The minimum Gasteiger partial charge on any atom is -0.493 e. The SMILES string of the molecule is C#Cc1ccc(OCC2CCNCC2)c(C2NC(=O)CC(c3cccc(Cl)c3)C23C(=O)Nc2cc(Cl)ccc23)c1. The van der Waals surface area contributed by atoms with Gasteiger partial charge in [-0.25, -0.2) is 0 Å². The van der Waals surface area contributed by atoms with Crippen molar-refractivity contribution < 1.29 is 14.3 Å². The molecule has 204 valence electrons. The summed E-state index contributed by atoms with van der Waals surface area (Å²) in [5.41, 5.74) is 2.27. The number of benzene rings is 3. The maximum Gasteiger partial charge on any atom is 0.238 e. The highest BCUT2D eigenvalue weighted by molar-refractivity contribution is 6.31. The number of hydrogen-bond acceptors (Lipinski definition) is 4. The Morgan fingerprint density at radius 2 is 1.80 bits per heavy atom. The van der Waals surface area contributed by atoms with Crippen molar-refractivity contribution in [3.05, 3.63) is 93.0 Å². The second kappa shape index (κ2) is 10.8. The lowest BCUT2D eigenvalue weighted by Crippen LogP contribution is -2.57. The second-order valence-corrected chi connectivity index (χ2v) is 11.6. The Labute approximate surface area is 243 Å². The number of piperidine rings is 2. The van der Waals surface area contributed by atoms with Crippen molar-refractivity contribution in [2.75, 3.05) is 25.0 Å². The lowest BCUT2D eigenvalue weighted by molar-refractivity contribution is -0.131. The summed E-state index contributed by atoms with van der Waals surface area (Å²) in [4.78, 5) is 27.7. The van der Waals surface area contributed by atoms with E-state index in [4.69, 9.17) is 34.4 Å². The van der Waals surface area contributed by atoms with Gasteiger partial charge in [-0.05, 0) is 85.4 Å². The van der Waals surface area contributed by atoms with Gasteiger partial charge in [0.25, 0.3) is 0 Å². The third-order valence-electron chi connectivity index (χ3n) is 8.42. The topological polar surface area (TPSA) is 79.5 Å². The van der Waals surface area contributed by atoms with E-state index < -0.39 is 17.4 Å². The van der Waals surface area contributed by atoms with Crippen LogP contribution >= 0.6 is 23.2 Å². The molecule has 3 aromatic rings. The highest BCUT2D eigenvalue weighted by Crippen LogP contribution is 2.58. The maximum atomic E-state index is 14.3. The molecule has 0 radical (unpaired) electrons. The van der Waals surface area contributed by atoms with Crippen LogP contribution in [0, 0.1) is 18.3 Å². The van der Waals surface area contributed by atoms with Crippen molar-refractivity contribution >= 4 is 40.7 Å². The Morgan fingerprint density at radius 3 is 2.58 bits per heavy atom. The summed E-state index contributed by atoms with van der Waals surface area (Å²) in [7, 11) is 0. The molecule has 3 atom stereocenters. The first-order valence-corrected chi connectivity index (χ1v) is 14.3. The van der Waals surface area contributed by atoms with Crippen molar-refractivity contribution in [2.24, 2.45) is 5.92 Å². The zero-order valence-corrected chi connectivity index (χ0v) is 23.3. The molecule has 3 N–H and O–H groups in total. The van der Waals surface area contributed by atoms with Crippen LogP contribution in [0.15, 0.2) is 60.7 Å². The fourth-order valence-corrected chi connectivity index (χ4v) is 6.89. The zero-order valence-electron chi connectivity index (χ0n) is 21.8. The van der Waals surface area contributed by atoms with Crippen LogP contribution in [0.4, 0.5) is 5.69 Å². The molecule has 0 aliphatic carbocycles. The Hall–Kier alpha value is -3.50. The molecular formula is C32H29Cl2N3O3. The number of carbonyl (C=O) groups is 2. The Bertz CT molecular complexity index is 1530. The van der Waals surface area contributed by atoms with Crippen LogP contribution in [0.25, 0.3) is 0 Å². The molecule has 2 saturated heterocycles. The molecule has 3 aliphatic heterocycles. The average Bonchev–Trinajstić information content (AvgIpc) is 3.24. The van der Waals surface area contributed by atoms with E-state index >= 15 is 0 Å². The quantitative estimate of drug-likeness (QED) is 0.348. The van der Waals surface area contributed by atoms with Gasteiger partial charge in [0.1, 0.15) is 11.2 Å². The minimum absolute atomic E-state index is 0.104. The second-order valence-electron chi connectivity index (χ2n) is 10.7. The standard InChI is InChI=1S/C32H29Cl2N3O3/c1-2-19-6-9-28(40-18-20-10-12-35-13-11-20)24(14-19)30-32(25-8-7-23(34)16-27(25)36-31(32)39)26(17-29(38)37-30)21-4-3-5-22(33)15-21/h1,3-9,14-16,20,26,30,35H,10-13,17-18H2,(H,36,39)(H,37,38). The zero-order chi connectivity index (χ0) is 27.9. The smallest absolute Gasteiger partial charge is 0.238 e.